The number of nitrogens with zero attached hydrogens (tertiary/aromatic N) is 9. The fourth-order valence-electron chi connectivity index (χ4n) is 3.84. The van der Waals surface area contributed by atoms with Crippen molar-refractivity contribution in [2.24, 2.45) is 20.4 Å². The first-order chi connectivity index (χ1) is 23.0. The first-order valence-electron chi connectivity index (χ1n) is 13.3. The van der Waals surface area contributed by atoms with Crippen LogP contribution in [0.15, 0.2) is 79.9 Å². The van der Waals surface area contributed by atoms with E-state index in [1.165, 1.54) is 13.0 Å². The van der Waals surface area contributed by atoms with Crippen molar-refractivity contribution in [1.82, 2.24) is 9.78 Å². The molecule has 5 rings (SSSR count). The van der Waals surface area contributed by atoms with Crippen molar-refractivity contribution < 1.29 is 119 Å². The van der Waals surface area contributed by atoms with Gasteiger partial charge in [0, 0.05) is 36.0 Å². The van der Waals surface area contributed by atoms with E-state index in [1.54, 1.807) is 31.2 Å². The first kappa shape index (κ1) is 46.0. The summed E-state index contributed by atoms with van der Waals surface area (Å²) in [5, 5.41) is 85.7. The Kier molecular flexibility index (Phi) is 16.9. The van der Waals surface area contributed by atoms with Crippen LogP contribution in [0.1, 0.15) is 18.2 Å². The van der Waals surface area contributed by atoms with Gasteiger partial charge in [0.05, 0.1) is 31.7 Å². The van der Waals surface area contributed by atoms with Gasteiger partial charge in [0.1, 0.15) is 15.8 Å². The van der Waals surface area contributed by atoms with Gasteiger partial charge >= 0.3 is 88.1 Å². The van der Waals surface area contributed by atoms with E-state index in [2.05, 4.69) is 35.8 Å². The van der Waals surface area contributed by atoms with Crippen molar-refractivity contribution in [3.63, 3.8) is 0 Å². The molecule has 1 radical (unpaired) electrons. The molecule has 0 aliphatic carbocycles. The van der Waals surface area contributed by atoms with Crippen LogP contribution in [0, 0.1) is 34.4 Å². The molecule has 0 saturated carbocycles. The molecule has 257 valence electrons. The molecule has 3 aromatic carbocycles. The summed E-state index contributed by atoms with van der Waals surface area (Å²) in [5.74, 6) is -3.14. The molecule has 0 atom stereocenters. The molecule has 1 aliphatic rings. The summed E-state index contributed by atoms with van der Waals surface area (Å²) in [4.78, 5) is 23.6. The van der Waals surface area contributed by atoms with E-state index >= 15 is 0 Å². The third-order valence-electron chi connectivity index (χ3n) is 6.33. The second kappa shape index (κ2) is 19.2. The number of azo groups is 1. The van der Waals surface area contributed by atoms with Crippen molar-refractivity contribution >= 4 is 55.9 Å². The number of hydrogen-bond acceptors (Lipinski definition) is 17. The number of carbonyl (C=O) groups excluding carboxylic acids is 1. The third kappa shape index (κ3) is 11.0. The average molecular weight is 790 g/mol. The predicted octanol–water partition coefficient (Wildman–Crippen LogP) is -4.14. The van der Waals surface area contributed by atoms with Crippen LogP contribution in [0.3, 0.4) is 0 Å². The molecule has 2 heterocycles. The molecule has 4 aromatic rings. The monoisotopic (exact) mass is 789 g/mol. The first-order valence-corrected chi connectivity index (χ1v) is 14.7. The Bertz CT molecular complexity index is 2230. The number of benzene rings is 3. The number of nitro groups is 1. The molecule has 1 aliphatic heterocycles. The second-order valence-corrected chi connectivity index (χ2v) is 11.2. The number of rotatable bonds is 8. The summed E-state index contributed by atoms with van der Waals surface area (Å²) < 4.78 is 34.7. The van der Waals surface area contributed by atoms with Crippen LogP contribution in [-0.2, 0) is 32.3 Å². The van der Waals surface area contributed by atoms with Gasteiger partial charge in [-0.05, 0) is 50.2 Å². The zero-order valence-electron chi connectivity index (χ0n) is 27.5. The van der Waals surface area contributed by atoms with Crippen LogP contribution in [0.4, 0.5) is 28.4 Å². The number of amides is 1. The van der Waals surface area contributed by atoms with Gasteiger partial charge in [-0.2, -0.15) is 15.3 Å². The molecule has 0 fully saturated rings. The van der Waals surface area contributed by atoms with E-state index in [0.29, 0.717) is 23.5 Å². The van der Waals surface area contributed by atoms with E-state index in [1.807, 2.05) is 6.92 Å². The van der Waals surface area contributed by atoms with Crippen molar-refractivity contribution in [1.29, 1.82) is 0 Å². The molecule has 25 heteroatoms. The minimum Gasteiger partial charge on any atom is -0.871 e. The Morgan fingerprint density at radius 3 is 2.12 bits per heavy atom. The summed E-state index contributed by atoms with van der Waals surface area (Å²) in [6.45, 7) is 4.87. The number of carbonyl (C=O) groups is 1. The molecule has 1 amide bonds. The average Bonchev–Trinajstić information content (AvgIpc) is 3.51. The van der Waals surface area contributed by atoms with E-state index in [4.69, 9.17) is 0 Å². The largest absolute Gasteiger partial charge is 3.00 e. The molecule has 21 nitrogen and oxygen atoms in total. The number of aryl methyl sites for hydroxylation is 2. The Labute approximate surface area is 348 Å². The van der Waals surface area contributed by atoms with Crippen molar-refractivity contribution in [3.8, 4) is 23.1 Å². The number of hydrazone groups is 1. The summed E-state index contributed by atoms with van der Waals surface area (Å²) >= 11 is 0. The van der Waals surface area contributed by atoms with Gasteiger partial charge in [-0.1, -0.05) is 23.4 Å². The summed E-state index contributed by atoms with van der Waals surface area (Å²) in [5.41, 5.74) is 1.78. The van der Waals surface area contributed by atoms with Crippen LogP contribution >= 0.6 is 0 Å². The molecular formula is C27H19CrN10Na2O11S. The topological polar surface area (TPSA) is 329 Å². The zero-order chi connectivity index (χ0) is 36.2. The number of aromatic nitrogens is 2. The second-order valence-electron chi connectivity index (χ2n) is 9.79. The summed E-state index contributed by atoms with van der Waals surface area (Å²) in [7, 11) is -5.11. The Hall–Kier alpha value is -4.05. The number of nitrogens with one attached hydrogen (secondary N) is 1. The Balaban J connectivity index is 0.000000536. The quantitative estimate of drug-likeness (QED) is 0.0443. The van der Waals surface area contributed by atoms with Crippen LogP contribution in [0.2, 0.25) is 0 Å². The van der Waals surface area contributed by atoms with Crippen molar-refractivity contribution in [2.45, 2.75) is 25.7 Å². The van der Waals surface area contributed by atoms with Gasteiger partial charge in [0.2, 0.25) is 5.71 Å². The van der Waals surface area contributed by atoms with Crippen LogP contribution in [-0.4, -0.2) is 49.8 Å². The van der Waals surface area contributed by atoms with Gasteiger partial charge in [0.15, 0.2) is 5.11 Å². The van der Waals surface area contributed by atoms with E-state index in [0.717, 1.165) is 22.4 Å². The van der Waals surface area contributed by atoms with E-state index < -0.39 is 59.8 Å². The van der Waals surface area contributed by atoms with Crippen LogP contribution in [0.25, 0.3) is 5.69 Å². The molecule has 0 spiro atoms. The van der Waals surface area contributed by atoms with Gasteiger partial charge < -0.3 is 35.5 Å². The van der Waals surface area contributed by atoms with Crippen LogP contribution < -0.4 is 85.1 Å². The number of anilines is 2. The Morgan fingerprint density at radius 1 is 0.962 bits per heavy atom. The molecule has 1 aromatic heterocycles. The fraction of sp³-hybridized carbons (Fsp3) is 0.111. The third-order valence-corrected chi connectivity index (χ3v) is 7.15. The SMILES string of the molecule is CC1=[N+]=NC(=O)C1=NNc1ccc(N([O-])[O-])cc1[O-].Cc1ccc(-n2nc(C)c(N=Nc3cc(S(=O)(=O)[O-])cc([N+](=O)[O-])c3[O-])c2[O-])cc1.[Cr+3].[Na+].[Na+]. The smallest absolute Gasteiger partial charge is 0.871 e. The Morgan fingerprint density at radius 2 is 1.60 bits per heavy atom. The van der Waals surface area contributed by atoms with Crippen LogP contribution in [0.5, 0.6) is 17.4 Å². The van der Waals surface area contributed by atoms with Gasteiger partial charge in [0.25, 0.3) is 5.69 Å². The molecular weight excluding hydrogens is 770 g/mol. The maximum absolute atomic E-state index is 12.6. The van der Waals surface area contributed by atoms with E-state index in [9.17, 15) is 53.6 Å². The predicted molar refractivity (Wildman–Crippen MR) is 162 cm³/mol. The molecule has 0 unspecified atom stereocenters. The van der Waals surface area contributed by atoms with Crippen molar-refractivity contribution in [2.75, 3.05) is 10.7 Å². The number of hydrogen-bond donors (Lipinski definition) is 1. The minimum absolute atomic E-state index is 0. The molecule has 52 heavy (non-hydrogen) atoms. The van der Waals surface area contributed by atoms with Gasteiger partial charge in [-0.3, -0.25) is 20.3 Å². The number of nitro benzene ring substituents is 1. The normalized spacial score (nSPS) is 12.6. The zero-order valence-corrected chi connectivity index (χ0v) is 33.6. The van der Waals surface area contributed by atoms with Gasteiger partial charge in [-0.15, -0.1) is 5.11 Å². The van der Waals surface area contributed by atoms with Gasteiger partial charge in [-0.25, -0.2) is 13.1 Å². The molecule has 0 bridgehead atoms. The van der Waals surface area contributed by atoms with Crippen molar-refractivity contribution in [3.05, 3.63) is 86.4 Å². The summed E-state index contributed by atoms with van der Waals surface area (Å²) in [6, 6.07) is 11.0. The molecule has 1 N–H and O–H groups in total. The standard InChI is InChI=1S/C17H15N5O7S.C10H7N5O4.Cr.2Na/c1-9-3-5-11(6-4-9)21-17(24)15(10(2)20-21)19-18-13-7-12(30(27,28)29)8-14(16(13)23)22(25)26;1-5-9(10(17)14-11-5)13-12-7-3-2-6(15(18)19)4-8(7)16;;;/h3-8,23-24H,1-2H3,(H,27,28,29);2-4H,1H3,(H,13,14,16,17);;;/q;-2;+3;2*+1/p-3. The fourth-order valence-corrected chi connectivity index (χ4v) is 4.35. The summed E-state index contributed by atoms with van der Waals surface area (Å²) in [6.07, 6.45) is 0. The maximum atomic E-state index is 12.6. The minimum atomic E-state index is -5.11. The maximum Gasteiger partial charge on any atom is 3.00 e. The molecule has 0 saturated heterocycles. The van der Waals surface area contributed by atoms with E-state index in [-0.39, 0.29) is 105 Å².